The summed E-state index contributed by atoms with van der Waals surface area (Å²) in [7, 11) is 0. The van der Waals surface area contributed by atoms with Crippen molar-refractivity contribution in [1.82, 2.24) is 4.98 Å². The minimum Gasteiger partial charge on any atom is -0.438 e. The summed E-state index contributed by atoms with van der Waals surface area (Å²) in [6.07, 6.45) is -3.49. The van der Waals surface area contributed by atoms with Gasteiger partial charge in [0.05, 0.1) is 11.3 Å². The Balaban J connectivity index is 1.61. The molecule has 1 amide bonds. The molecular formula is C20H10F6N2O3. The number of nitrogens with zero attached hydrogens (tertiary/aromatic N) is 1. The molecule has 0 unspecified atom stereocenters. The third-order valence-electron chi connectivity index (χ3n) is 4.30. The molecule has 0 bridgehead atoms. The van der Waals surface area contributed by atoms with Gasteiger partial charge in [-0.3, -0.25) is 4.79 Å². The van der Waals surface area contributed by atoms with Gasteiger partial charge in [0.2, 0.25) is 5.88 Å². The van der Waals surface area contributed by atoms with Crippen LogP contribution < -0.4 is 14.8 Å². The Kier molecular flexibility index (Phi) is 4.75. The number of halogens is 6. The number of fused-ring (bicyclic) bond motifs is 1. The molecule has 0 radical (unpaired) electrons. The van der Waals surface area contributed by atoms with Crippen LogP contribution in [0.1, 0.15) is 15.9 Å². The zero-order valence-electron chi connectivity index (χ0n) is 15.1. The molecule has 1 aliphatic heterocycles. The van der Waals surface area contributed by atoms with E-state index in [1.807, 2.05) is 0 Å². The number of hydrogen-bond acceptors (Lipinski definition) is 4. The van der Waals surface area contributed by atoms with Crippen molar-refractivity contribution in [3.8, 4) is 17.4 Å². The molecule has 31 heavy (non-hydrogen) atoms. The zero-order chi connectivity index (χ0) is 22.4. The fourth-order valence-electron chi connectivity index (χ4n) is 2.80. The predicted molar refractivity (Wildman–Crippen MR) is 94.5 cm³/mol. The Morgan fingerprint density at radius 2 is 1.81 bits per heavy atom. The van der Waals surface area contributed by atoms with Gasteiger partial charge in [0.1, 0.15) is 28.7 Å². The standard InChI is InChI=1S/C20H10F6N2O3/c21-10-3-5-15(14(22)8-10)28-17(29)12-2-1-7-27-18(12)30-11-4-6-16-13(9-11)19(23,24)20(25,26)31-16/h1-9H,(H,28,29). The maximum absolute atomic E-state index is 13.9. The van der Waals surface area contributed by atoms with Gasteiger partial charge in [-0.15, -0.1) is 0 Å². The number of pyridine rings is 1. The summed E-state index contributed by atoms with van der Waals surface area (Å²) >= 11 is 0. The van der Waals surface area contributed by atoms with E-state index in [1.165, 1.54) is 18.3 Å². The largest absolute Gasteiger partial charge is 0.469 e. The molecule has 0 saturated carbocycles. The Labute approximate surface area is 170 Å². The number of benzene rings is 2. The third kappa shape index (κ3) is 3.62. The minimum absolute atomic E-state index is 0.222. The fourth-order valence-corrected chi connectivity index (χ4v) is 2.80. The van der Waals surface area contributed by atoms with Gasteiger partial charge in [0, 0.05) is 12.3 Å². The molecule has 11 heteroatoms. The molecule has 5 nitrogen and oxygen atoms in total. The lowest BCUT2D eigenvalue weighted by Gasteiger charge is -2.16. The minimum atomic E-state index is -4.72. The smallest absolute Gasteiger partial charge is 0.438 e. The number of rotatable bonds is 4. The molecule has 0 saturated heterocycles. The number of hydrogen-bond donors (Lipinski definition) is 1. The Morgan fingerprint density at radius 3 is 2.55 bits per heavy atom. The van der Waals surface area contributed by atoms with Crippen molar-refractivity contribution in [2.45, 2.75) is 12.0 Å². The highest BCUT2D eigenvalue weighted by Crippen LogP contribution is 2.54. The highest BCUT2D eigenvalue weighted by Gasteiger charge is 2.66. The number of nitrogens with one attached hydrogen (secondary N) is 1. The van der Waals surface area contributed by atoms with Crippen LogP contribution >= 0.6 is 0 Å². The molecule has 4 rings (SSSR count). The Bertz CT molecular complexity index is 1190. The molecule has 1 N–H and O–H groups in total. The molecule has 0 fully saturated rings. The van der Waals surface area contributed by atoms with Crippen LogP contribution in [0.4, 0.5) is 32.0 Å². The van der Waals surface area contributed by atoms with Crippen LogP contribution in [-0.4, -0.2) is 17.0 Å². The molecule has 0 spiro atoms. The van der Waals surface area contributed by atoms with E-state index in [0.717, 1.165) is 24.3 Å². The van der Waals surface area contributed by atoms with E-state index in [-0.39, 0.29) is 22.9 Å². The van der Waals surface area contributed by atoms with E-state index in [0.29, 0.717) is 12.1 Å². The maximum atomic E-state index is 13.9. The second kappa shape index (κ2) is 7.18. The van der Waals surface area contributed by atoms with Gasteiger partial charge in [-0.25, -0.2) is 13.8 Å². The summed E-state index contributed by atoms with van der Waals surface area (Å²) in [5.74, 6) is -8.75. The van der Waals surface area contributed by atoms with Crippen molar-refractivity contribution in [2.75, 3.05) is 5.32 Å². The van der Waals surface area contributed by atoms with Crippen molar-refractivity contribution in [1.29, 1.82) is 0 Å². The van der Waals surface area contributed by atoms with Crippen molar-refractivity contribution >= 4 is 11.6 Å². The third-order valence-corrected chi connectivity index (χ3v) is 4.30. The topological polar surface area (TPSA) is 60.5 Å². The second-order valence-corrected chi connectivity index (χ2v) is 6.39. The highest BCUT2D eigenvalue weighted by molar-refractivity contribution is 6.05. The quantitative estimate of drug-likeness (QED) is 0.546. The number of aromatic nitrogens is 1. The number of amides is 1. The average Bonchev–Trinajstić information content (AvgIpc) is 2.89. The molecule has 2 heterocycles. The van der Waals surface area contributed by atoms with Crippen LogP contribution in [0.2, 0.25) is 0 Å². The summed E-state index contributed by atoms with van der Waals surface area (Å²) in [5, 5.41) is 2.21. The van der Waals surface area contributed by atoms with Crippen LogP contribution in [0.15, 0.2) is 54.7 Å². The summed E-state index contributed by atoms with van der Waals surface area (Å²) in [5.41, 5.74) is -1.64. The fraction of sp³-hybridized carbons (Fsp3) is 0.100. The maximum Gasteiger partial charge on any atom is 0.469 e. The molecule has 1 aromatic heterocycles. The number of carbonyl (C=O) groups excluding carboxylic acids is 1. The first kappa shape index (κ1) is 20.5. The summed E-state index contributed by atoms with van der Waals surface area (Å²) < 4.78 is 90.6. The highest BCUT2D eigenvalue weighted by atomic mass is 19.3. The van der Waals surface area contributed by atoms with E-state index in [1.54, 1.807) is 0 Å². The number of alkyl halides is 4. The molecule has 160 valence electrons. The van der Waals surface area contributed by atoms with Crippen LogP contribution in [0.5, 0.6) is 17.4 Å². The summed E-state index contributed by atoms with van der Waals surface area (Å²) in [6.45, 7) is 0. The van der Waals surface area contributed by atoms with E-state index < -0.39 is 40.9 Å². The van der Waals surface area contributed by atoms with Gasteiger partial charge in [-0.1, -0.05) is 0 Å². The average molecular weight is 440 g/mol. The van der Waals surface area contributed by atoms with Crippen molar-refractivity contribution in [2.24, 2.45) is 0 Å². The van der Waals surface area contributed by atoms with Crippen LogP contribution in [-0.2, 0) is 5.92 Å². The van der Waals surface area contributed by atoms with E-state index in [2.05, 4.69) is 15.0 Å². The summed E-state index contributed by atoms with van der Waals surface area (Å²) in [4.78, 5) is 16.3. The second-order valence-electron chi connectivity index (χ2n) is 6.39. The Hall–Kier alpha value is -3.76. The van der Waals surface area contributed by atoms with Crippen LogP contribution in [0, 0.1) is 11.6 Å². The van der Waals surface area contributed by atoms with Crippen LogP contribution in [0.25, 0.3) is 0 Å². The molecule has 0 aliphatic carbocycles. The van der Waals surface area contributed by atoms with Gasteiger partial charge in [0.15, 0.2) is 0 Å². The molecule has 0 atom stereocenters. The lowest BCUT2D eigenvalue weighted by atomic mass is 10.1. The lowest BCUT2D eigenvalue weighted by molar-refractivity contribution is -0.296. The molecule has 1 aliphatic rings. The monoisotopic (exact) mass is 440 g/mol. The number of carbonyl (C=O) groups is 1. The molecule has 2 aromatic carbocycles. The van der Waals surface area contributed by atoms with Crippen molar-refractivity contribution < 1.29 is 40.6 Å². The first-order chi connectivity index (χ1) is 14.6. The predicted octanol–water partition coefficient (Wildman–Crippen LogP) is 5.48. The van der Waals surface area contributed by atoms with Crippen LogP contribution in [0.3, 0.4) is 0 Å². The Morgan fingerprint density at radius 1 is 1.03 bits per heavy atom. The zero-order valence-corrected chi connectivity index (χ0v) is 15.1. The van der Waals surface area contributed by atoms with Gasteiger partial charge >= 0.3 is 12.0 Å². The van der Waals surface area contributed by atoms with E-state index >= 15 is 0 Å². The number of anilines is 1. The molecular weight excluding hydrogens is 430 g/mol. The van der Waals surface area contributed by atoms with E-state index in [9.17, 15) is 31.1 Å². The van der Waals surface area contributed by atoms with E-state index in [4.69, 9.17) is 4.74 Å². The number of ether oxygens (including phenoxy) is 2. The van der Waals surface area contributed by atoms with Gasteiger partial charge in [-0.05, 0) is 42.5 Å². The lowest BCUT2D eigenvalue weighted by Crippen LogP contribution is -2.36. The molecule has 3 aromatic rings. The van der Waals surface area contributed by atoms with Crippen molar-refractivity contribution in [3.63, 3.8) is 0 Å². The normalized spacial score (nSPS) is 15.7. The van der Waals surface area contributed by atoms with Crippen molar-refractivity contribution in [3.05, 3.63) is 77.5 Å². The first-order valence-corrected chi connectivity index (χ1v) is 8.57. The first-order valence-electron chi connectivity index (χ1n) is 8.57. The van der Waals surface area contributed by atoms with Gasteiger partial charge in [-0.2, -0.15) is 17.6 Å². The van der Waals surface area contributed by atoms with Gasteiger partial charge in [0.25, 0.3) is 5.91 Å². The van der Waals surface area contributed by atoms with Gasteiger partial charge < -0.3 is 14.8 Å². The SMILES string of the molecule is O=C(Nc1ccc(F)cc1F)c1cccnc1Oc1ccc2c(c1)C(F)(F)C(F)(F)O2. The summed E-state index contributed by atoms with van der Waals surface area (Å²) in [6, 6.07) is 7.70.